The highest BCUT2D eigenvalue weighted by Crippen LogP contribution is 1.98. The van der Waals surface area contributed by atoms with Gasteiger partial charge in [-0.05, 0) is 59.0 Å². The zero-order valence-electron chi connectivity index (χ0n) is 10.8. The number of aromatic nitrogens is 1. The van der Waals surface area contributed by atoms with E-state index in [2.05, 4.69) is 42.2 Å². The number of nitrogens with one attached hydrogen (secondary N) is 2. The largest absolute Gasteiger partial charge is 0.364 e. The van der Waals surface area contributed by atoms with E-state index >= 15 is 0 Å². The Morgan fingerprint density at radius 3 is 2.81 bits per heavy atom. The molecule has 0 unspecified atom stereocenters. The summed E-state index contributed by atoms with van der Waals surface area (Å²) in [5.41, 5.74) is 1.26. The second-order valence-electron chi connectivity index (χ2n) is 4.65. The van der Waals surface area contributed by atoms with Crippen LogP contribution in [0.3, 0.4) is 0 Å². The lowest BCUT2D eigenvalue weighted by molar-refractivity contribution is 0.268. The second kappa shape index (κ2) is 7.47. The highest BCUT2D eigenvalue weighted by Gasteiger charge is 2.01. The van der Waals surface area contributed by atoms with Crippen LogP contribution in [0.1, 0.15) is 32.4 Å². The number of nitrogens with zero attached hydrogens (tertiary/aromatic N) is 1. The molecular formula is C13H25N3. The minimum Gasteiger partial charge on any atom is -0.364 e. The minimum absolute atomic E-state index is 0.659. The molecule has 0 bridgehead atoms. The normalized spacial score (nSPS) is 11.6. The maximum atomic E-state index is 3.44. The van der Waals surface area contributed by atoms with Gasteiger partial charge in [0.2, 0.25) is 0 Å². The Bertz CT molecular complexity index is 254. The molecule has 3 nitrogen and oxygen atoms in total. The van der Waals surface area contributed by atoms with Gasteiger partial charge >= 0.3 is 0 Å². The van der Waals surface area contributed by atoms with Gasteiger partial charge in [0.05, 0.1) is 0 Å². The van der Waals surface area contributed by atoms with E-state index in [-0.39, 0.29) is 0 Å². The van der Waals surface area contributed by atoms with Gasteiger partial charge < -0.3 is 15.2 Å². The summed E-state index contributed by atoms with van der Waals surface area (Å²) < 4.78 is 0. The van der Waals surface area contributed by atoms with Crippen LogP contribution in [0.2, 0.25) is 0 Å². The predicted octanol–water partition coefficient (Wildman–Crippen LogP) is 2.22. The van der Waals surface area contributed by atoms with Crippen LogP contribution < -0.4 is 5.32 Å². The second-order valence-corrected chi connectivity index (χ2v) is 4.65. The van der Waals surface area contributed by atoms with Crippen LogP contribution in [0, 0.1) is 0 Å². The Labute approximate surface area is 99.2 Å². The van der Waals surface area contributed by atoms with Crippen LogP contribution in [0.5, 0.6) is 0 Å². The summed E-state index contributed by atoms with van der Waals surface area (Å²) in [6.45, 7) is 7.73. The first kappa shape index (κ1) is 13.3. The van der Waals surface area contributed by atoms with E-state index < -0.39 is 0 Å². The number of rotatable bonds is 8. The van der Waals surface area contributed by atoms with Gasteiger partial charge in [-0.25, -0.2) is 0 Å². The molecule has 1 rings (SSSR count). The van der Waals surface area contributed by atoms with Crippen molar-refractivity contribution in [3.05, 3.63) is 24.0 Å². The van der Waals surface area contributed by atoms with Crippen molar-refractivity contribution in [2.75, 3.05) is 20.1 Å². The average Bonchev–Trinajstić information content (AvgIpc) is 2.75. The predicted molar refractivity (Wildman–Crippen MR) is 69.5 cm³/mol. The smallest absolute Gasteiger partial charge is 0.0357 e. The Morgan fingerprint density at radius 2 is 2.19 bits per heavy atom. The monoisotopic (exact) mass is 223 g/mol. The molecule has 0 saturated carbocycles. The molecule has 0 aromatic carbocycles. The lowest BCUT2D eigenvalue weighted by Gasteiger charge is -2.20. The van der Waals surface area contributed by atoms with Crippen LogP contribution in [0.15, 0.2) is 18.3 Å². The molecule has 0 amide bonds. The summed E-state index contributed by atoms with van der Waals surface area (Å²) in [5.74, 6) is 0. The number of hydrogen-bond donors (Lipinski definition) is 2. The van der Waals surface area contributed by atoms with Gasteiger partial charge in [-0.2, -0.15) is 0 Å². The van der Waals surface area contributed by atoms with Crippen molar-refractivity contribution >= 4 is 0 Å². The van der Waals surface area contributed by atoms with Gasteiger partial charge in [0.1, 0.15) is 0 Å². The van der Waals surface area contributed by atoms with Gasteiger partial charge in [-0.1, -0.05) is 0 Å². The van der Waals surface area contributed by atoms with Crippen molar-refractivity contribution in [2.45, 2.75) is 39.3 Å². The van der Waals surface area contributed by atoms with Gasteiger partial charge in [0.25, 0.3) is 0 Å². The summed E-state index contributed by atoms with van der Waals surface area (Å²) in [7, 11) is 2.19. The molecule has 2 N–H and O–H groups in total. The maximum Gasteiger partial charge on any atom is 0.0357 e. The molecule has 0 aliphatic rings. The molecule has 0 fully saturated rings. The molecule has 3 heteroatoms. The molecule has 0 aliphatic carbocycles. The van der Waals surface area contributed by atoms with E-state index in [9.17, 15) is 0 Å². The van der Waals surface area contributed by atoms with Crippen LogP contribution >= 0.6 is 0 Å². The first-order valence-electron chi connectivity index (χ1n) is 6.23. The first-order chi connectivity index (χ1) is 7.70. The quantitative estimate of drug-likeness (QED) is 0.662. The van der Waals surface area contributed by atoms with Gasteiger partial charge in [-0.15, -0.1) is 0 Å². The molecular weight excluding hydrogens is 198 g/mol. The lowest BCUT2D eigenvalue weighted by Crippen LogP contribution is -2.27. The number of hydrogen-bond acceptors (Lipinski definition) is 2. The van der Waals surface area contributed by atoms with Gasteiger partial charge in [0.15, 0.2) is 0 Å². The molecule has 0 spiro atoms. The van der Waals surface area contributed by atoms with Crippen molar-refractivity contribution in [3.8, 4) is 0 Å². The molecule has 1 aromatic heterocycles. The Hall–Kier alpha value is -0.800. The van der Waals surface area contributed by atoms with Gasteiger partial charge in [0, 0.05) is 24.5 Å². The molecule has 1 heterocycles. The fourth-order valence-electron chi connectivity index (χ4n) is 1.57. The van der Waals surface area contributed by atoms with Crippen molar-refractivity contribution in [3.63, 3.8) is 0 Å². The van der Waals surface area contributed by atoms with E-state index in [0.29, 0.717) is 6.04 Å². The average molecular weight is 223 g/mol. The minimum atomic E-state index is 0.659. The van der Waals surface area contributed by atoms with Crippen molar-refractivity contribution in [1.82, 2.24) is 15.2 Å². The highest BCUT2D eigenvalue weighted by atomic mass is 15.1. The van der Waals surface area contributed by atoms with Crippen LogP contribution in [-0.4, -0.2) is 36.1 Å². The van der Waals surface area contributed by atoms with E-state index in [4.69, 9.17) is 0 Å². The zero-order chi connectivity index (χ0) is 11.8. The molecule has 1 aromatic rings. The number of unbranched alkanes of at least 4 members (excludes halogenated alkanes) is 1. The van der Waals surface area contributed by atoms with Crippen molar-refractivity contribution in [1.29, 1.82) is 0 Å². The zero-order valence-corrected chi connectivity index (χ0v) is 10.8. The number of aromatic amines is 1. The maximum absolute atomic E-state index is 3.44. The SMILES string of the molecule is CC(C)N(C)CCCCNCc1ccc[nH]1. The summed E-state index contributed by atoms with van der Waals surface area (Å²) in [4.78, 5) is 5.58. The fourth-order valence-corrected chi connectivity index (χ4v) is 1.57. The standard InChI is InChI=1S/C13H25N3/c1-12(2)16(3)10-5-4-8-14-11-13-7-6-9-15-13/h6-7,9,12,14-15H,4-5,8,10-11H2,1-3H3. The molecule has 0 aliphatic heterocycles. The molecule has 0 atom stereocenters. The lowest BCUT2D eigenvalue weighted by atomic mass is 10.2. The molecule has 16 heavy (non-hydrogen) atoms. The molecule has 92 valence electrons. The van der Waals surface area contributed by atoms with Crippen molar-refractivity contribution in [2.24, 2.45) is 0 Å². The number of H-pyrrole nitrogens is 1. The van der Waals surface area contributed by atoms with E-state index in [1.54, 1.807) is 0 Å². The Morgan fingerprint density at radius 1 is 1.38 bits per heavy atom. The summed E-state index contributed by atoms with van der Waals surface area (Å²) in [5, 5.41) is 3.44. The van der Waals surface area contributed by atoms with Gasteiger partial charge in [-0.3, -0.25) is 0 Å². The summed E-state index contributed by atoms with van der Waals surface area (Å²) in [6.07, 6.45) is 4.48. The third-order valence-corrected chi connectivity index (χ3v) is 2.97. The third kappa shape index (κ3) is 5.33. The topological polar surface area (TPSA) is 31.1 Å². The van der Waals surface area contributed by atoms with Crippen molar-refractivity contribution < 1.29 is 0 Å². The van der Waals surface area contributed by atoms with E-state index in [0.717, 1.165) is 13.1 Å². The molecule has 0 saturated heterocycles. The van der Waals surface area contributed by atoms with E-state index in [1.807, 2.05) is 12.3 Å². The summed E-state index contributed by atoms with van der Waals surface area (Å²) in [6, 6.07) is 4.81. The summed E-state index contributed by atoms with van der Waals surface area (Å²) >= 11 is 0. The Balaban J connectivity index is 1.92. The third-order valence-electron chi connectivity index (χ3n) is 2.97. The first-order valence-corrected chi connectivity index (χ1v) is 6.23. The highest BCUT2D eigenvalue weighted by molar-refractivity contribution is 5.02. The van der Waals surface area contributed by atoms with E-state index in [1.165, 1.54) is 25.1 Å². The van der Waals surface area contributed by atoms with Crippen LogP contribution in [0.4, 0.5) is 0 Å². The molecule has 0 radical (unpaired) electrons. The van der Waals surface area contributed by atoms with Crippen LogP contribution in [-0.2, 0) is 6.54 Å². The Kier molecular flexibility index (Phi) is 6.19. The van der Waals surface area contributed by atoms with Crippen LogP contribution in [0.25, 0.3) is 0 Å². The fraction of sp³-hybridized carbons (Fsp3) is 0.692.